The van der Waals surface area contributed by atoms with Gasteiger partial charge in [0.1, 0.15) is 0 Å². The number of fused-ring (bicyclic) bond motifs is 1. The molecule has 0 spiro atoms. The third-order valence-electron chi connectivity index (χ3n) is 3.25. The molecule has 21 heavy (non-hydrogen) atoms. The van der Waals surface area contributed by atoms with E-state index < -0.39 is 0 Å². The highest BCUT2D eigenvalue weighted by molar-refractivity contribution is 7.13. The van der Waals surface area contributed by atoms with Crippen LogP contribution in [-0.2, 0) is 11.2 Å². The van der Waals surface area contributed by atoms with Crippen molar-refractivity contribution in [3.63, 3.8) is 0 Å². The lowest BCUT2D eigenvalue weighted by molar-refractivity contribution is -0.115. The highest BCUT2D eigenvalue weighted by Crippen LogP contribution is 2.26. The molecule has 1 aliphatic heterocycles. The lowest BCUT2D eigenvalue weighted by Gasteiger charge is -2.15. The maximum absolute atomic E-state index is 11.9. The molecule has 1 aromatic heterocycles. The zero-order valence-electron chi connectivity index (χ0n) is 11.3. The first-order valence-electron chi connectivity index (χ1n) is 6.51. The summed E-state index contributed by atoms with van der Waals surface area (Å²) in [4.78, 5) is 27.2. The first-order chi connectivity index (χ1) is 10.1. The Balaban J connectivity index is 1.65. The standard InChI is InChI=1S/C14H14N4O2S/c1-8(16-13(20)18-14-15-4-5-21-14)9-2-3-11-10(6-9)7-12(19)17-11/h2-6,8H,7H2,1H3,(H,17,19)(H2,15,16,18,20)/t8-/m0/s1. The lowest BCUT2D eigenvalue weighted by Crippen LogP contribution is -2.31. The predicted molar refractivity (Wildman–Crippen MR) is 81.5 cm³/mol. The second-order valence-electron chi connectivity index (χ2n) is 4.80. The smallest absolute Gasteiger partial charge is 0.321 e. The molecule has 1 aliphatic rings. The van der Waals surface area contributed by atoms with Gasteiger partial charge in [0.05, 0.1) is 12.5 Å². The molecule has 0 bridgehead atoms. The zero-order chi connectivity index (χ0) is 14.8. The average Bonchev–Trinajstić information content (AvgIpc) is 3.05. The van der Waals surface area contributed by atoms with Gasteiger partial charge in [0.25, 0.3) is 0 Å². The van der Waals surface area contributed by atoms with E-state index in [9.17, 15) is 9.59 Å². The van der Waals surface area contributed by atoms with Crippen LogP contribution in [0.5, 0.6) is 0 Å². The van der Waals surface area contributed by atoms with Crippen molar-refractivity contribution in [2.75, 3.05) is 10.6 Å². The second kappa shape index (κ2) is 5.53. The fourth-order valence-electron chi connectivity index (χ4n) is 2.22. The van der Waals surface area contributed by atoms with E-state index in [-0.39, 0.29) is 18.0 Å². The molecule has 2 aromatic rings. The van der Waals surface area contributed by atoms with Crippen LogP contribution < -0.4 is 16.0 Å². The summed E-state index contributed by atoms with van der Waals surface area (Å²) in [5.74, 6) is 0.00396. The number of anilines is 2. The van der Waals surface area contributed by atoms with Gasteiger partial charge in [-0.1, -0.05) is 12.1 Å². The van der Waals surface area contributed by atoms with Crippen LogP contribution in [0.1, 0.15) is 24.1 Å². The fourth-order valence-corrected chi connectivity index (χ4v) is 2.74. The summed E-state index contributed by atoms with van der Waals surface area (Å²) in [5.41, 5.74) is 2.77. The molecular formula is C14H14N4O2S. The molecule has 1 aromatic carbocycles. The molecule has 3 N–H and O–H groups in total. The van der Waals surface area contributed by atoms with Crippen molar-refractivity contribution in [3.05, 3.63) is 40.9 Å². The van der Waals surface area contributed by atoms with Crippen molar-refractivity contribution < 1.29 is 9.59 Å². The van der Waals surface area contributed by atoms with Crippen molar-refractivity contribution in [1.82, 2.24) is 10.3 Å². The predicted octanol–water partition coefficient (Wildman–Crippen LogP) is 2.52. The largest absolute Gasteiger partial charge is 0.331 e. The maximum Gasteiger partial charge on any atom is 0.321 e. The van der Waals surface area contributed by atoms with Crippen molar-refractivity contribution in [1.29, 1.82) is 0 Å². The Morgan fingerprint density at radius 1 is 1.48 bits per heavy atom. The number of urea groups is 1. The highest BCUT2D eigenvalue weighted by Gasteiger charge is 2.19. The molecule has 3 amide bonds. The summed E-state index contributed by atoms with van der Waals surface area (Å²) in [6, 6.07) is 5.26. The number of carbonyl (C=O) groups excluding carboxylic acids is 2. The van der Waals surface area contributed by atoms with Gasteiger partial charge in [-0.3, -0.25) is 10.1 Å². The van der Waals surface area contributed by atoms with Gasteiger partial charge in [-0.05, 0) is 24.1 Å². The van der Waals surface area contributed by atoms with Gasteiger partial charge in [-0.2, -0.15) is 0 Å². The molecule has 2 heterocycles. The Bertz CT molecular complexity index is 684. The van der Waals surface area contributed by atoms with E-state index in [4.69, 9.17) is 0 Å². The van der Waals surface area contributed by atoms with Gasteiger partial charge in [-0.25, -0.2) is 9.78 Å². The summed E-state index contributed by atoms with van der Waals surface area (Å²) in [5, 5.41) is 10.7. The number of carbonyl (C=O) groups is 2. The second-order valence-corrected chi connectivity index (χ2v) is 5.69. The molecule has 0 unspecified atom stereocenters. The molecule has 1 atom stereocenters. The van der Waals surface area contributed by atoms with E-state index in [2.05, 4.69) is 20.9 Å². The van der Waals surface area contributed by atoms with E-state index in [1.807, 2.05) is 25.1 Å². The van der Waals surface area contributed by atoms with Gasteiger partial charge >= 0.3 is 6.03 Å². The SMILES string of the molecule is C[C@H](NC(=O)Nc1nccs1)c1ccc2c(c1)CC(=O)N2. The molecule has 0 radical (unpaired) electrons. The third-order valence-corrected chi connectivity index (χ3v) is 3.94. The van der Waals surface area contributed by atoms with E-state index in [0.717, 1.165) is 16.8 Å². The van der Waals surface area contributed by atoms with Crippen molar-refractivity contribution >= 4 is 34.1 Å². The molecule has 3 rings (SSSR count). The van der Waals surface area contributed by atoms with Crippen LogP contribution in [0.3, 0.4) is 0 Å². The number of nitrogens with one attached hydrogen (secondary N) is 3. The van der Waals surface area contributed by atoms with Crippen LogP contribution in [-0.4, -0.2) is 16.9 Å². The molecule has 0 saturated heterocycles. The van der Waals surface area contributed by atoms with Crippen LogP contribution in [0.4, 0.5) is 15.6 Å². The minimum atomic E-state index is -0.299. The van der Waals surface area contributed by atoms with Gasteiger partial charge < -0.3 is 10.6 Å². The Kier molecular flexibility index (Phi) is 3.57. The van der Waals surface area contributed by atoms with Crippen molar-refractivity contribution in [2.24, 2.45) is 0 Å². The van der Waals surface area contributed by atoms with E-state index in [1.54, 1.807) is 11.6 Å². The molecule has 0 fully saturated rings. The number of hydrogen-bond acceptors (Lipinski definition) is 4. The van der Waals surface area contributed by atoms with Crippen LogP contribution in [0, 0.1) is 0 Å². The quantitative estimate of drug-likeness (QED) is 0.814. The highest BCUT2D eigenvalue weighted by atomic mass is 32.1. The maximum atomic E-state index is 11.9. The molecule has 7 heteroatoms. The van der Waals surface area contributed by atoms with Gasteiger partial charge in [0, 0.05) is 17.3 Å². The van der Waals surface area contributed by atoms with E-state index >= 15 is 0 Å². The number of benzene rings is 1. The summed E-state index contributed by atoms with van der Waals surface area (Å²) in [6.45, 7) is 1.90. The zero-order valence-corrected chi connectivity index (χ0v) is 12.2. The van der Waals surface area contributed by atoms with E-state index in [0.29, 0.717) is 11.6 Å². The van der Waals surface area contributed by atoms with Crippen molar-refractivity contribution in [2.45, 2.75) is 19.4 Å². The van der Waals surface area contributed by atoms with E-state index in [1.165, 1.54) is 11.3 Å². The minimum absolute atomic E-state index is 0.00396. The number of thiazole rings is 1. The number of hydrogen-bond donors (Lipinski definition) is 3. The lowest BCUT2D eigenvalue weighted by atomic mass is 10.0. The minimum Gasteiger partial charge on any atom is -0.331 e. The Hall–Kier alpha value is -2.41. The molecule has 6 nitrogen and oxygen atoms in total. The number of rotatable bonds is 3. The topological polar surface area (TPSA) is 83.1 Å². The molecule has 0 saturated carbocycles. The average molecular weight is 302 g/mol. The van der Waals surface area contributed by atoms with Gasteiger partial charge in [0.15, 0.2) is 5.13 Å². The molecular weight excluding hydrogens is 288 g/mol. The summed E-state index contributed by atoms with van der Waals surface area (Å²) >= 11 is 1.36. The first-order valence-corrected chi connectivity index (χ1v) is 7.39. The molecule has 0 aliphatic carbocycles. The first kappa shape index (κ1) is 13.6. The summed E-state index contributed by atoms with van der Waals surface area (Å²) in [6.07, 6.45) is 2.02. The number of amides is 3. The van der Waals surface area contributed by atoms with Gasteiger partial charge in [-0.15, -0.1) is 11.3 Å². The Labute approximate surface area is 125 Å². The van der Waals surface area contributed by atoms with Gasteiger partial charge in [0.2, 0.25) is 5.91 Å². The van der Waals surface area contributed by atoms with Crippen molar-refractivity contribution in [3.8, 4) is 0 Å². The van der Waals surface area contributed by atoms with Crippen LogP contribution in [0.15, 0.2) is 29.8 Å². The third kappa shape index (κ3) is 3.03. The monoisotopic (exact) mass is 302 g/mol. The fraction of sp³-hybridized carbons (Fsp3) is 0.214. The Morgan fingerprint density at radius 3 is 3.10 bits per heavy atom. The van der Waals surface area contributed by atoms with Crippen LogP contribution in [0.2, 0.25) is 0 Å². The summed E-state index contributed by atoms with van der Waals surface area (Å²) in [7, 11) is 0. The van der Waals surface area contributed by atoms with Crippen LogP contribution in [0.25, 0.3) is 0 Å². The number of aromatic nitrogens is 1. The van der Waals surface area contributed by atoms with Crippen LogP contribution >= 0.6 is 11.3 Å². The molecule has 108 valence electrons. The summed E-state index contributed by atoms with van der Waals surface area (Å²) < 4.78 is 0. The normalized spacial score (nSPS) is 14.2. The Morgan fingerprint density at radius 2 is 2.33 bits per heavy atom. The number of nitrogens with zero attached hydrogens (tertiary/aromatic N) is 1.